The van der Waals surface area contributed by atoms with Gasteiger partial charge >= 0.3 is 0 Å². The highest BCUT2D eigenvalue weighted by Gasteiger charge is 2.28. The van der Waals surface area contributed by atoms with Crippen molar-refractivity contribution in [2.75, 3.05) is 0 Å². The molecule has 2 heteroatoms. The fourth-order valence-corrected chi connectivity index (χ4v) is 3.87. The van der Waals surface area contributed by atoms with E-state index in [9.17, 15) is 8.78 Å². The third kappa shape index (κ3) is 3.20. The van der Waals surface area contributed by atoms with Crippen LogP contribution in [0.15, 0.2) is 35.9 Å². The molecule has 2 saturated carbocycles. The van der Waals surface area contributed by atoms with E-state index in [1.165, 1.54) is 43.2 Å². The van der Waals surface area contributed by atoms with E-state index in [0.29, 0.717) is 30.3 Å². The maximum absolute atomic E-state index is 12.4. The summed E-state index contributed by atoms with van der Waals surface area (Å²) in [6.45, 7) is 2.29. The molecule has 0 unspecified atom stereocenters. The smallest absolute Gasteiger partial charge is 0.173 e. The van der Waals surface area contributed by atoms with Crippen molar-refractivity contribution in [3.63, 3.8) is 0 Å². The van der Waals surface area contributed by atoms with Crippen molar-refractivity contribution in [3.05, 3.63) is 47.0 Å². The van der Waals surface area contributed by atoms with Gasteiger partial charge in [-0.2, -0.15) is 8.78 Å². The Hall–Kier alpha value is -1.18. The molecule has 0 N–H and O–H groups in total. The summed E-state index contributed by atoms with van der Waals surface area (Å²) in [6, 6.07) is 8.80. The standard InChI is InChI=1S/C19H24F2/c1-2-13-3-5-14(6-4-13)15-7-9-16(10-8-15)17-11-18(12-17)19(20)21/h7-10,13-14,17H,2-6,11-12H2,1H3. The van der Waals surface area contributed by atoms with Gasteiger partial charge in [-0.25, -0.2) is 0 Å². The van der Waals surface area contributed by atoms with Crippen molar-refractivity contribution in [3.8, 4) is 0 Å². The van der Waals surface area contributed by atoms with Crippen LogP contribution < -0.4 is 0 Å². The van der Waals surface area contributed by atoms with E-state index in [0.717, 1.165) is 5.92 Å². The highest BCUT2D eigenvalue weighted by molar-refractivity contribution is 5.33. The molecule has 2 aliphatic carbocycles. The molecule has 114 valence electrons. The minimum absolute atomic E-state index is 0.311. The molecule has 0 nitrogen and oxygen atoms in total. The van der Waals surface area contributed by atoms with Crippen molar-refractivity contribution < 1.29 is 8.78 Å². The molecule has 1 aromatic rings. The molecule has 0 heterocycles. The molecule has 2 fully saturated rings. The summed E-state index contributed by atoms with van der Waals surface area (Å²) < 4.78 is 24.8. The number of hydrogen-bond donors (Lipinski definition) is 0. The van der Waals surface area contributed by atoms with Crippen LogP contribution in [0.1, 0.15) is 74.8 Å². The van der Waals surface area contributed by atoms with Gasteiger partial charge in [-0.3, -0.25) is 0 Å². The lowest BCUT2D eigenvalue weighted by atomic mass is 9.74. The molecular weight excluding hydrogens is 266 g/mol. The van der Waals surface area contributed by atoms with Gasteiger partial charge in [0.05, 0.1) is 0 Å². The molecule has 0 spiro atoms. The molecule has 3 rings (SSSR count). The minimum atomic E-state index is -1.46. The van der Waals surface area contributed by atoms with Crippen LogP contribution >= 0.6 is 0 Å². The lowest BCUT2D eigenvalue weighted by molar-refractivity contribution is 0.318. The van der Waals surface area contributed by atoms with E-state index in [4.69, 9.17) is 0 Å². The summed E-state index contributed by atoms with van der Waals surface area (Å²) in [5.41, 5.74) is 3.02. The maximum Gasteiger partial charge on any atom is 0.269 e. The van der Waals surface area contributed by atoms with E-state index >= 15 is 0 Å². The predicted molar refractivity (Wildman–Crippen MR) is 82.6 cm³/mol. The average molecular weight is 290 g/mol. The number of hydrogen-bond acceptors (Lipinski definition) is 0. The zero-order valence-electron chi connectivity index (χ0n) is 12.7. The van der Waals surface area contributed by atoms with E-state index < -0.39 is 6.08 Å². The van der Waals surface area contributed by atoms with E-state index in [1.54, 1.807) is 0 Å². The summed E-state index contributed by atoms with van der Waals surface area (Å²) in [4.78, 5) is 0. The largest absolute Gasteiger partial charge is 0.269 e. The molecule has 0 aromatic heterocycles. The van der Waals surface area contributed by atoms with Gasteiger partial charge in [0, 0.05) is 0 Å². The summed E-state index contributed by atoms with van der Waals surface area (Å²) >= 11 is 0. The number of allylic oxidation sites excluding steroid dienone is 1. The van der Waals surface area contributed by atoms with Crippen LogP contribution in [-0.2, 0) is 0 Å². The molecule has 0 saturated heterocycles. The van der Waals surface area contributed by atoms with Crippen molar-refractivity contribution in [1.82, 2.24) is 0 Å². The molecule has 0 aliphatic heterocycles. The molecule has 2 aliphatic rings. The van der Waals surface area contributed by atoms with Crippen LogP contribution in [0.4, 0.5) is 8.78 Å². The van der Waals surface area contributed by atoms with E-state index in [2.05, 4.69) is 31.2 Å². The van der Waals surface area contributed by atoms with Crippen LogP contribution in [0.2, 0.25) is 0 Å². The van der Waals surface area contributed by atoms with Gasteiger partial charge in [0.2, 0.25) is 0 Å². The third-order valence-electron chi connectivity index (χ3n) is 5.56. The van der Waals surface area contributed by atoms with Crippen LogP contribution in [0.3, 0.4) is 0 Å². The highest BCUT2D eigenvalue weighted by atomic mass is 19.3. The molecule has 0 bridgehead atoms. The number of halogens is 2. The Morgan fingerprint density at radius 2 is 1.43 bits per heavy atom. The third-order valence-corrected chi connectivity index (χ3v) is 5.56. The monoisotopic (exact) mass is 290 g/mol. The first-order chi connectivity index (χ1) is 10.2. The van der Waals surface area contributed by atoms with Crippen molar-refractivity contribution in [2.24, 2.45) is 5.92 Å². The van der Waals surface area contributed by atoms with Crippen molar-refractivity contribution in [1.29, 1.82) is 0 Å². The number of benzene rings is 1. The first-order valence-corrected chi connectivity index (χ1v) is 8.30. The predicted octanol–water partition coefficient (Wildman–Crippen LogP) is 6.40. The Kier molecular flexibility index (Phi) is 4.42. The van der Waals surface area contributed by atoms with Gasteiger partial charge in [0.25, 0.3) is 6.08 Å². The molecule has 0 radical (unpaired) electrons. The quantitative estimate of drug-likeness (QED) is 0.604. The minimum Gasteiger partial charge on any atom is -0.173 e. The Morgan fingerprint density at radius 1 is 0.905 bits per heavy atom. The Balaban J connectivity index is 1.59. The van der Waals surface area contributed by atoms with Crippen LogP contribution in [0, 0.1) is 5.92 Å². The van der Waals surface area contributed by atoms with Gasteiger partial charge < -0.3 is 0 Å². The Bertz CT molecular complexity index is 495. The van der Waals surface area contributed by atoms with Gasteiger partial charge in [-0.1, -0.05) is 37.6 Å². The van der Waals surface area contributed by atoms with Crippen molar-refractivity contribution in [2.45, 2.75) is 63.7 Å². The molecule has 0 atom stereocenters. The first-order valence-electron chi connectivity index (χ1n) is 8.30. The fourth-order valence-electron chi connectivity index (χ4n) is 3.87. The van der Waals surface area contributed by atoms with Crippen molar-refractivity contribution >= 4 is 0 Å². The fraction of sp³-hybridized carbons (Fsp3) is 0.579. The Labute approximate surface area is 126 Å². The summed E-state index contributed by atoms with van der Waals surface area (Å²) in [5, 5.41) is 0. The van der Waals surface area contributed by atoms with E-state index in [1.807, 2.05) is 0 Å². The second-order valence-corrected chi connectivity index (χ2v) is 6.76. The second-order valence-electron chi connectivity index (χ2n) is 6.76. The number of rotatable bonds is 3. The molecule has 1 aromatic carbocycles. The molecular formula is C19H24F2. The topological polar surface area (TPSA) is 0 Å². The van der Waals surface area contributed by atoms with Gasteiger partial charge in [0.1, 0.15) is 0 Å². The van der Waals surface area contributed by atoms with E-state index in [-0.39, 0.29) is 0 Å². The zero-order valence-corrected chi connectivity index (χ0v) is 12.7. The second kappa shape index (κ2) is 6.29. The summed E-state index contributed by atoms with van der Waals surface area (Å²) in [7, 11) is 0. The maximum atomic E-state index is 12.4. The Morgan fingerprint density at radius 3 is 1.90 bits per heavy atom. The summed E-state index contributed by atoms with van der Waals surface area (Å²) in [5.74, 6) is 1.95. The van der Waals surface area contributed by atoms with Crippen LogP contribution in [0.25, 0.3) is 0 Å². The SMILES string of the molecule is CCC1CCC(c2ccc(C3CC(=C(F)F)C3)cc2)CC1. The van der Waals surface area contributed by atoms with Gasteiger partial charge in [-0.05, 0) is 73.0 Å². The average Bonchev–Trinajstić information content (AvgIpc) is 2.46. The zero-order chi connectivity index (χ0) is 14.8. The lowest BCUT2D eigenvalue weighted by Gasteiger charge is -2.30. The molecule has 21 heavy (non-hydrogen) atoms. The normalized spacial score (nSPS) is 29.1. The van der Waals surface area contributed by atoms with Crippen LogP contribution in [-0.4, -0.2) is 0 Å². The first kappa shape index (κ1) is 14.7. The highest BCUT2D eigenvalue weighted by Crippen LogP contribution is 2.44. The van der Waals surface area contributed by atoms with Crippen LogP contribution in [0.5, 0.6) is 0 Å². The van der Waals surface area contributed by atoms with Gasteiger partial charge in [0.15, 0.2) is 0 Å². The van der Waals surface area contributed by atoms with Gasteiger partial charge in [-0.15, -0.1) is 0 Å². The molecule has 0 amide bonds. The lowest BCUT2D eigenvalue weighted by Crippen LogP contribution is -2.14. The summed E-state index contributed by atoms with van der Waals surface area (Å²) in [6.07, 6.45) is 6.27.